The number of hydrogen-bond donors (Lipinski definition) is 1. The second-order valence-corrected chi connectivity index (χ2v) is 5.70. The summed E-state index contributed by atoms with van der Waals surface area (Å²) < 4.78 is 1.73. The number of aryl methyl sites for hydroxylation is 1. The molecule has 0 saturated carbocycles. The fourth-order valence-electron chi connectivity index (χ4n) is 1.70. The summed E-state index contributed by atoms with van der Waals surface area (Å²) in [5.41, 5.74) is 6.92. The molecule has 19 heavy (non-hydrogen) atoms. The molecule has 2 aromatic heterocycles. The first kappa shape index (κ1) is 12.7. The lowest BCUT2D eigenvalue weighted by atomic mass is 10.2. The van der Waals surface area contributed by atoms with Gasteiger partial charge in [-0.15, -0.1) is 10.2 Å². The van der Waals surface area contributed by atoms with Crippen LogP contribution in [-0.2, 0) is 6.42 Å². The number of rotatable bonds is 2. The molecule has 0 amide bonds. The summed E-state index contributed by atoms with van der Waals surface area (Å²) in [5, 5.41) is 14.2. The monoisotopic (exact) mass is 313 g/mol. The van der Waals surface area contributed by atoms with E-state index < -0.39 is 0 Å². The number of fused-ring (bicyclic) bond motifs is 1. The molecule has 3 rings (SSSR count). The molecule has 0 unspecified atom stereocenters. The number of nitrogens with zero attached hydrogens (tertiary/aromatic N) is 4. The third-order valence-electron chi connectivity index (χ3n) is 2.70. The zero-order chi connectivity index (χ0) is 13.6. The van der Waals surface area contributed by atoms with Crippen molar-refractivity contribution in [2.45, 2.75) is 13.3 Å². The van der Waals surface area contributed by atoms with Crippen LogP contribution in [0.15, 0.2) is 12.1 Å². The SMILES string of the molecule is CCc1nnc2sc(-c3cc(Cl)c(N)c(Cl)c3)nn12. The predicted molar refractivity (Wildman–Crippen MR) is 77.9 cm³/mol. The number of halogens is 2. The van der Waals surface area contributed by atoms with E-state index in [9.17, 15) is 0 Å². The average molecular weight is 314 g/mol. The van der Waals surface area contributed by atoms with E-state index in [0.29, 0.717) is 15.7 Å². The minimum Gasteiger partial charge on any atom is -0.396 e. The van der Waals surface area contributed by atoms with Crippen LogP contribution in [0.25, 0.3) is 15.5 Å². The first-order valence-corrected chi connectivity index (χ1v) is 7.13. The predicted octanol–water partition coefficient (Wildman–Crippen LogP) is 3.30. The van der Waals surface area contributed by atoms with E-state index >= 15 is 0 Å². The highest BCUT2D eigenvalue weighted by molar-refractivity contribution is 7.19. The lowest BCUT2D eigenvalue weighted by Crippen LogP contribution is -1.94. The van der Waals surface area contributed by atoms with Gasteiger partial charge in [-0.05, 0) is 12.1 Å². The largest absolute Gasteiger partial charge is 0.396 e. The van der Waals surface area contributed by atoms with Crippen LogP contribution in [0.5, 0.6) is 0 Å². The molecule has 0 bridgehead atoms. The molecule has 0 fully saturated rings. The molecule has 2 heterocycles. The Balaban J connectivity index is 2.16. The van der Waals surface area contributed by atoms with Gasteiger partial charge in [-0.25, -0.2) is 0 Å². The highest BCUT2D eigenvalue weighted by Gasteiger charge is 2.14. The molecule has 0 aliphatic rings. The lowest BCUT2D eigenvalue weighted by Gasteiger charge is -2.03. The van der Waals surface area contributed by atoms with E-state index in [1.807, 2.05) is 6.92 Å². The van der Waals surface area contributed by atoms with E-state index in [0.717, 1.165) is 27.8 Å². The second-order valence-electron chi connectivity index (χ2n) is 3.92. The third-order valence-corrected chi connectivity index (χ3v) is 4.27. The molecule has 3 aromatic rings. The van der Waals surface area contributed by atoms with Crippen LogP contribution in [0.3, 0.4) is 0 Å². The van der Waals surface area contributed by atoms with Gasteiger partial charge >= 0.3 is 0 Å². The van der Waals surface area contributed by atoms with Crippen LogP contribution < -0.4 is 5.73 Å². The topological polar surface area (TPSA) is 69.1 Å². The van der Waals surface area contributed by atoms with E-state index in [4.69, 9.17) is 28.9 Å². The molecule has 0 atom stereocenters. The van der Waals surface area contributed by atoms with Gasteiger partial charge in [-0.3, -0.25) is 0 Å². The van der Waals surface area contributed by atoms with Crippen molar-refractivity contribution in [2.75, 3.05) is 5.73 Å². The zero-order valence-corrected chi connectivity index (χ0v) is 12.2. The molecule has 0 spiro atoms. The molecular weight excluding hydrogens is 305 g/mol. The van der Waals surface area contributed by atoms with Crippen molar-refractivity contribution in [3.05, 3.63) is 28.0 Å². The first-order chi connectivity index (χ1) is 9.10. The standard InChI is InChI=1S/C11H9Cl2N5S/c1-2-8-15-16-11-18(8)17-10(19-11)5-3-6(12)9(14)7(13)4-5/h3-4H,2,14H2,1H3. The Hall–Kier alpha value is -1.37. The van der Waals surface area contributed by atoms with Crippen molar-refractivity contribution >= 4 is 45.2 Å². The van der Waals surface area contributed by atoms with Gasteiger partial charge in [0.15, 0.2) is 5.82 Å². The minimum absolute atomic E-state index is 0.379. The molecule has 0 aliphatic carbocycles. The number of nitrogens with two attached hydrogens (primary N) is 1. The van der Waals surface area contributed by atoms with E-state index in [-0.39, 0.29) is 0 Å². The Morgan fingerprint density at radius 3 is 2.58 bits per heavy atom. The highest BCUT2D eigenvalue weighted by atomic mass is 35.5. The number of aromatic nitrogens is 4. The Labute approximate surface area is 123 Å². The fraction of sp³-hybridized carbons (Fsp3) is 0.182. The van der Waals surface area contributed by atoms with Crippen molar-refractivity contribution in [3.63, 3.8) is 0 Å². The summed E-state index contributed by atoms with van der Waals surface area (Å²) in [6.07, 6.45) is 0.771. The highest BCUT2D eigenvalue weighted by Crippen LogP contribution is 2.35. The average Bonchev–Trinajstić information content (AvgIpc) is 2.94. The van der Waals surface area contributed by atoms with Crippen LogP contribution in [0, 0.1) is 0 Å². The van der Waals surface area contributed by atoms with Gasteiger partial charge in [0.05, 0.1) is 15.7 Å². The van der Waals surface area contributed by atoms with Crippen molar-refractivity contribution in [1.82, 2.24) is 19.8 Å². The quantitative estimate of drug-likeness (QED) is 0.737. The summed E-state index contributed by atoms with van der Waals surface area (Å²) in [4.78, 5) is 0.746. The molecule has 0 aliphatic heterocycles. The minimum atomic E-state index is 0.379. The first-order valence-electron chi connectivity index (χ1n) is 5.56. The Bertz CT molecular complexity index is 741. The van der Waals surface area contributed by atoms with Gasteiger partial charge in [-0.1, -0.05) is 41.5 Å². The van der Waals surface area contributed by atoms with Crippen molar-refractivity contribution < 1.29 is 0 Å². The maximum atomic E-state index is 6.03. The molecule has 8 heteroatoms. The van der Waals surface area contributed by atoms with Crippen LogP contribution >= 0.6 is 34.5 Å². The summed E-state index contributed by atoms with van der Waals surface area (Å²) in [6, 6.07) is 3.50. The van der Waals surface area contributed by atoms with Crippen molar-refractivity contribution in [1.29, 1.82) is 0 Å². The van der Waals surface area contributed by atoms with Gasteiger partial charge in [0, 0.05) is 12.0 Å². The molecule has 98 valence electrons. The lowest BCUT2D eigenvalue weighted by molar-refractivity contribution is 0.838. The smallest absolute Gasteiger partial charge is 0.234 e. The van der Waals surface area contributed by atoms with Gasteiger partial charge in [0.2, 0.25) is 4.96 Å². The molecule has 5 nitrogen and oxygen atoms in total. The summed E-state index contributed by atoms with van der Waals surface area (Å²) >= 11 is 13.5. The summed E-state index contributed by atoms with van der Waals surface area (Å²) in [7, 11) is 0. The summed E-state index contributed by atoms with van der Waals surface area (Å²) in [5.74, 6) is 0.824. The fourth-order valence-corrected chi connectivity index (χ4v) is 3.03. The van der Waals surface area contributed by atoms with Gasteiger partial charge in [-0.2, -0.15) is 9.61 Å². The Kier molecular flexibility index (Phi) is 3.08. The molecule has 0 saturated heterocycles. The number of benzene rings is 1. The van der Waals surface area contributed by atoms with Crippen LogP contribution in [0.2, 0.25) is 10.0 Å². The second kappa shape index (κ2) is 4.63. The van der Waals surface area contributed by atoms with Crippen molar-refractivity contribution in [3.8, 4) is 10.6 Å². The molecular formula is C11H9Cl2N5S. The van der Waals surface area contributed by atoms with E-state index in [1.165, 1.54) is 11.3 Å². The molecule has 0 radical (unpaired) electrons. The van der Waals surface area contributed by atoms with Gasteiger partial charge in [0.25, 0.3) is 0 Å². The van der Waals surface area contributed by atoms with Crippen LogP contribution in [0.1, 0.15) is 12.7 Å². The Morgan fingerprint density at radius 2 is 1.95 bits per heavy atom. The van der Waals surface area contributed by atoms with E-state index in [1.54, 1.807) is 16.6 Å². The van der Waals surface area contributed by atoms with Gasteiger partial charge in [0.1, 0.15) is 5.01 Å². The third kappa shape index (κ3) is 2.05. The van der Waals surface area contributed by atoms with Crippen LogP contribution in [0.4, 0.5) is 5.69 Å². The van der Waals surface area contributed by atoms with Crippen molar-refractivity contribution in [2.24, 2.45) is 0 Å². The number of anilines is 1. The summed E-state index contributed by atoms with van der Waals surface area (Å²) in [6.45, 7) is 2.01. The maximum absolute atomic E-state index is 6.03. The Morgan fingerprint density at radius 1 is 1.26 bits per heavy atom. The molecule has 2 N–H and O–H groups in total. The molecule has 1 aromatic carbocycles. The number of hydrogen-bond acceptors (Lipinski definition) is 5. The maximum Gasteiger partial charge on any atom is 0.234 e. The number of nitrogen functional groups attached to an aromatic ring is 1. The normalized spacial score (nSPS) is 11.3. The van der Waals surface area contributed by atoms with Crippen LogP contribution in [-0.4, -0.2) is 19.8 Å². The zero-order valence-electron chi connectivity index (χ0n) is 9.89. The van der Waals surface area contributed by atoms with E-state index in [2.05, 4.69) is 15.3 Å². The van der Waals surface area contributed by atoms with Gasteiger partial charge < -0.3 is 5.73 Å².